The van der Waals surface area contributed by atoms with E-state index in [-0.39, 0.29) is 41.6 Å². The van der Waals surface area contributed by atoms with Gasteiger partial charge in [0.2, 0.25) is 23.7 Å². The molecule has 5 aliphatic rings. The molecule has 4 aliphatic heterocycles. The molecule has 4 N–H and O–H groups in total. The molecule has 3 saturated heterocycles. The van der Waals surface area contributed by atoms with Crippen molar-refractivity contribution >= 4 is 52.5 Å². The van der Waals surface area contributed by atoms with Crippen LogP contribution in [0.5, 0.6) is 5.75 Å². The number of amides is 4. The van der Waals surface area contributed by atoms with Crippen LogP contribution in [0.4, 0.5) is 28.8 Å². The number of hydrazine groups is 1. The lowest BCUT2D eigenvalue weighted by Gasteiger charge is -2.47. The first-order chi connectivity index (χ1) is 27.1. The molecule has 5 heterocycles. The number of nitrogens with one attached hydrogen (secondary N) is 4. The van der Waals surface area contributed by atoms with E-state index < -0.39 is 0 Å². The van der Waals surface area contributed by atoms with Gasteiger partial charge in [0, 0.05) is 75.4 Å². The smallest absolute Gasteiger partial charge is 0.265 e. The van der Waals surface area contributed by atoms with Gasteiger partial charge in [-0.15, -0.1) is 0 Å². The number of rotatable bonds is 11. The van der Waals surface area contributed by atoms with Crippen molar-refractivity contribution in [3.63, 3.8) is 0 Å². The van der Waals surface area contributed by atoms with Crippen molar-refractivity contribution in [1.82, 2.24) is 30.6 Å². The standard InChI is InChI=1S/C41H52N10O5/c1-25-40(55)48(2)34-22-43-41(46-37(34)51(25)31-6-4-5-7-31)44-33-14-10-28(20-35(33)56-3)38(53)47-50-18-16-30(17-19-50)49-23-26(24-49)21-42-29-11-8-27(9-12-29)32-13-15-36(52)45-39(32)54/h8-12,14,20,22,25-26,30-32,42H,4-7,13,15-19,21,23-24H2,1-3H3,(H,47,53)(H,43,44,46)(H,45,52,54)/t25-,32?/m1/s1. The highest BCUT2D eigenvalue weighted by Gasteiger charge is 2.40. The predicted octanol–water partition coefficient (Wildman–Crippen LogP) is 4.02. The Hall–Kier alpha value is -5.28. The molecule has 15 nitrogen and oxygen atoms in total. The van der Waals surface area contributed by atoms with E-state index in [0.717, 1.165) is 88.3 Å². The topological polar surface area (TPSA) is 164 Å². The number of ether oxygens (including phenoxy) is 1. The summed E-state index contributed by atoms with van der Waals surface area (Å²) in [5, 5.41) is 11.3. The molecule has 3 aromatic rings. The fourth-order valence-electron chi connectivity index (χ4n) is 8.98. The second-order valence-electron chi connectivity index (χ2n) is 15.8. The molecule has 2 aromatic carbocycles. The van der Waals surface area contributed by atoms with Crippen LogP contribution in [0.15, 0.2) is 48.7 Å². The van der Waals surface area contributed by atoms with Crippen LogP contribution in [0.1, 0.15) is 80.1 Å². The average molecular weight is 765 g/mol. The number of likely N-dealkylation sites (tertiary alicyclic amines) is 1. The molecule has 8 rings (SSSR count). The minimum absolute atomic E-state index is 0.0402. The Morgan fingerprint density at radius 1 is 0.964 bits per heavy atom. The number of benzene rings is 2. The Bertz CT molecular complexity index is 1960. The Kier molecular flexibility index (Phi) is 10.8. The first kappa shape index (κ1) is 37.6. The third-order valence-corrected chi connectivity index (χ3v) is 12.3. The van der Waals surface area contributed by atoms with E-state index >= 15 is 0 Å². The molecular formula is C41H52N10O5. The van der Waals surface area contributed by atoms with Crippen molar-refractivity contribution in [3.8, 4) is 5.75 Å². The van der Waals surface area contributed by atoms with Gasteiger partial charge in [-0.2, -0.15) is 4.98 Å². The minimum Gasteiger partial charge on any atom is -0.495 e. The third kappa shape index (κ3) is 7.74. The van der Waals surface area contributed by atoms with E-state index in [4.69, 9.17) is 9.72 Å². The fraction of sp³-hybridized carbons (Fsp3) is 0.512. The molecule has 1 saturated carbocycles. The average Bonchev–Trinajstić information content (AvgIpc) is 3.72. The molecule has 0 spiro atoms. The summed E-state index contributed by atoms with van der Waals surface area (Å²) in [5.74, 6) is 1.39. The number of hydrogen-bond acceptors (Lipinski definition) is 12. The van der Waals surface area contributed by atoms with Crippen LogP contribution >= 0.6 is 0 Å². The summed E-state index contributed by atoms with van der Waals surface area (Å²) in [5.41, 5.74) is 6.89. The zero-order chi connectivity index (χ0) is 38.9. The van der Waals surface area contributed by atoms with E-state index in [1.165, 1.54) is 0 Å². The lowest BCUT2D eigenvalue weighted by molar-refractivity contribution is -0.134. The van der Waals surface area contributed by atoms with Gasteiger partial charge in [-0.1, -0.05) is 25.0 Å². The Labute approximate surface area is 327 Å². The lowest BCUT2D eigenvalue weighted by Crippen LogP contribution is -2.58. The van der Waals surface area contributed by atoms with E-state index in [1.807, 2.05) is 42.3 Å². The largest absolute Gasteiger partial charge is 0.495 e. The van der Waals surface area contributed by atoms with Crippen LogP contribution in [-0.2, 0) is 14.4 Å². The monoisotopic (exact) mass is 764 g/mol. The predicted molar refractivity (Wildman–Crippen MR) is 213 cm³/mol. The first-order valence-corrected chi connectivity index (χ1v) is 20.0. The van der Waals surface area contributed by atoms with Gasteiger partial charge >= 0.3 is 0 Å². The van der Waals surface area contributed by atoms with Crippen molar-refractivity contribution in [2.75, 3.05) is 67.3 Å². The second-order valence-corrected chi connectivity index (χ2v) is 15.8. The molecule has 56 heavy (non-hydrogen) atoms. The number of nitrogens with zero attached hydrogens (tertiary/aromatic N) is 6. The normalized spacial score (nSPS) is 22.7. The number of hydrogen-bond donors (Lipinski definition) is 4. The van der Waals surface area contributed by atoms with Crippen LogP contribution in [0.2, 0.25) is 0 Å². The summed E-state index contributed by atoms with van der Waals surface area (Å²) in [6, 6.07) is 13.7. The number of carbonyl (C=O) groups is 4. The van der Waals surface area contributed by atoms with Gasteiger partial charge < -0.3 is 25.2 Å². The molecule has 2 atom stereocenters. The molecular weight excluding hydrogens is 713 g/mol. The molecule has 1 unspecified atom stereocenters. The lowest BCUT2D eigenvalue weighted by atomic mass is 9.90. The summed E-state index contributed by atoms with van der Waals surface area (Å²) in [6.07, 6.45) is 8.96. The van der Waals surface area contributed by atoms with E-state index in [0.29, 0.717) is 53.4 Å². The number of likely N-dealkylation sites (N-methyl/N-ethyl adjacent to an activating group) is 1. The SMILES string of the molecule is COc1cc(C(=O)NN2CCC(N3CC(CNc4ccc(C5CCC(=O)NC5=O)cc4)C3)CC2)ccc1Nc1ncc2c(n1)N(C1CCCC1)[C@H](C)C(=O)N2C. The quantitative estimate of drug-likeness (QED) is 0.208. The van der Waals surface area contributed by atoms with Gasteiger partial charge in [-0.05, 0) is 74.9 Å². The number of carbonyl (C=O) groups excluding carboxylic acids is 4. The number of aromatic nitrogens is 2. The van der Waals surface area contributed by atoms with Crippen LogP contribution < -0.4 is 35.9 Å². The Morgan fingerprint density at radius 3 is 2.43 bits per heavy atom. The Balaban J connectivity index is 0.797. The van der Waals surface area contributed by atoms with Crippen LogP contribution in [0, 0.1) is 5.92 Å². The molecule has 15 heteroatoms. The first-order valence-electron chi connectivity index (χ1n) is 20.0. The third-order valence-electron chi connectivity index (χ3n) is 12.3. The van der Waals surface area contributed by atoms with E-state index in [9.17, 15) is 19.2 Å². The summed E-state index contributed by atoms with van der Waals surface area (Å²) >= 11 is 0. The van der Waals surface area contributed by atoms with Crippen molar-refractivity contribution in [3.05, 3.63) is 59.8 Å². The fourth-order valence-corrected chi connectivity index (χ4v) is 8.98. The summed E-state index contributed by atoms with van der Waals surface area (Å²) < 4.78 is 5.70. The van der Waals surface area contributed by atoms with Crippen molar-refractivity contribution in [2.45, 2.75) is 82.3 Å². The van der Waals surface area contributed by atoms with Gasteiger partial charge in [-0.25, -0.2) is 9.99 Å². The maximum atomic E-state index is 13.4. The highest BCUT2D eigenvalue weighted by Crippen LogP contribution is 2.40. The molecule has 0 bridgehead atoms. The zero-order valence-electron chi connectivity index (χ0n) is 32.4. The van der Waals surface area contributed by atoms with Crippen molar-refractivity contribution < 1.29 is 23.9 Å². The number of imide groups is 1. The minimum atomic E-state index is -0.305. The van der Waals surface area contributed by atoms with Crippen molar-refractivity contribution in [2.24, 2.45) is 5.92 Å². The highest BCUT2D eigenvalue weighted by molar-refractivity contribution is 6.04. The van der Waals surface area contributed by atoms with Gasteiger partial charge in [0.05, 0.1) is 24.9 Å². The molecule has 4 fully saturated rings. The Morgan fingerprint density at radius 2 is 1.71 bits per heavy atom. The van der Waals surface area contributed by atoms with Gasteiger partial charge in [0.15, 0.2) is 5.82 Å². The zero-order valence-corrected chi connectivity index (χ0v) is 32.4. The summed E-state index contributed by atoms with van der Waals surface area (Å²) in [4.78, 5) is 65.9. The summed E-state index contributed by atoms with van der Waals surface area (Å²) in [7, 11) is 3.35. The van der Waals surface area contributed by atoms with Crippen molar-refractivity contribution in [1.29, 1.82) is 0 Å². The number of fused-ring (bicyclic) bond motifs is 1. The molecule has 1 aliphatic carbocycles. The van der Waals surface area contributed by atoms with Gasteiger partial charge in [0.25, 0.3) is 5.91 Å². The molecule has 4 amide bonds. The maximum absolute atomic E-state index is 13.4. The number of methoxy groups -OCH3 is 1. The van der Waals surface area contributed by atoms with E-state index in [1.54, 1.807) is 37.4 Å². The highest BCUT2D eigenvalue weighted by atomic mass is 16.5. The van der Waals surface area contributed by atoms with Gasteiger partial charge in [0.1, 0.15) is 17.5 Å². The van der Waals surface area contributed by atoms with Crippen LogP contribution in [0.3, 0.4) is 0 Å². The number of piperidine rings is 2. The van der Waals surface area contributed by atoms with Crippen LogP contribution in [-0.4, -0.2) is 109 Å². The molecule has 1 aromatic heterocycles. The summed E-state index contributed by atoms with van der Waals surface area (Å²) in [6.45, 7) is 6.48. The maximum Gasteiger partial charge on any atom is 0.265 e. The molecule has 296 valence electrons. The molecule has 0 radical (unpaired) electrons. The van der Waals surface area contributed by atoms with Crippen LogP contribution in [0.25, 0.3) is 0 Å². The second kappa shape index (κ2) is 16.1. The van der Waals surface area contributed by atoms with Gasteiger partial charge in [-0.3, -0.25) is 34.8 Å². The number of anilines is 5. The van der Waals surface area contributed by atoms with E-state index in [2.05, 4.69) is 36.2 Å².